The third kappa shape index (κ3) is 3.46. The summed E-state index contributed by atoms with van der Waals surface area (Å²) in [6, 6.07) is 7.27. The molecule has 0 radical (unpaired) electrons. The molecule has 0 saturated carbocycles. The number of hydrogen-bond donors (Lipinski definition) is 1. The highest BCUT2D eigenvalue weighted by Crippen LogP contribution is 2.27. The largest absolute Gasteiger partial charge is 0.427 e. The molecule has 1 amide bonds. The number of nitrogens with one attached hydrogen (secondary N) is 1. The summed E-state index contributed by atoms with van der Waals surface area (Å²) in [5, 5.41) is 3.54. The van der Waals surface area contributed by atoms with E-state index in [1.165, 1.54) is 0 Å². The first-order valence-corrected chi connectivity index (χ1v) is 8.87. The molecule has 4 rings (SSSR count). The Hall–Kier alpha value is -3.06. The maximum atomic E-state index is 12.7. The van der Waals surface area contributed by atoms with Crippen molar-refractivity contribution in [1.82, 2.24) is 9.97 Å². The van der Waals surface area contributed by atoms with Crippen LogP contribution in [0, 0.1) is 6.92 Å². The smallest absolute Gasteiger partial charge is 0.349 e. The number of hydrogen-bond acceptors (Lipinski definition) is 6. The highest BCUT2D eigenvalue weighted by Gasteiger charge is 2.23. The van der Waals surface area contributed by atoms with Crippen LogP contribution in [0.5, 0.6) is 0 Å². The third-order valence-corrected chi connectivity index (χ3v) is 4.77. The summed E-state index contributed by atoms with van der Waals surface area (Å²) in [5.74, 6) is 0.518. The van der Waals surface area contributed by atoms with Gasteiger partial charge in [0.25, 0.3) is 5.91 Å². The minimum Gasteiger partial charge on any atom is -0.427 e. The lowest BCUT2D eigenvalue weighted by atomic mass is 9.95. The van der Waals surface area contributed by atoms with Crippen molar-refractivity contribution in [1.29, 1.82) is 0 Å². The molecule has 1 aliphatic rings. The van der Waals surface area contributed by atoms with Gasteiger partial charge in [-0.2, -0.15) is 0 Å². The van der Waals surface area contributed by atoms with Crippen molar-refractivity contribution < 1.29 is 13.9 Å². The standard InChI is InChI=1S/C20H19N3O4/c1-12-11-15(13-5-9-26-10-6-13)27-20(25)16(12)19(24)23-18-17-14(4-8-22-18)3-2-7-21-17/h2-4,7-8,11,13H,5-6,9-10H2,1H3,(H,22,23,24). The Labute approximate surface area is 155 Å². The highest BCUT2D eigenvalue weighted by molar-refractivity contribution is 6.07. The molecule has 3 aromatic heterocycles. The number of amides is 1. The number of anilines is 1. The second-order valence-corrected chi connectivity index (χ2v) is 6.57. The van der Waals surface area contributed by atoms with Gasteiger partial charge in [-0.25, -0.2) is 9.78 Å². The van der Waals surface area contributed by atoms with E-state index in [1.54, 1.807) is 31.5 Å². The van der Waals surface area contributed by atoms with Gasteiger partial charge >= 0.3 is 5.63 Å². The van der Waals surface area contributed by atoms with Crippen molar-refractivity contribution in [2.75, 3.05) is 18.5 Å². The van der Waals surface area contributed by atoms with E-state index in [-0.39, 0.29) is 11.5 Å². The number of nitrogens with zero attached hydrogens (tertiary/aromatic N) is 2. The quantitative estimate of drug-likeness (QED) is 0.767. The zero-order valence-corrected chi connectivity index (χ0v) is 14.9. The van der Waals surface area contributed by atoms with Crippen LogP contribution < -0.4 is 10.9 Å². The van der Waals surface area contributed by atoms with Crippen LogP contribution in [0.4, 0.5) is 5.82 Å². The summed E-state index contributed by atoms with van der Waals surface area (Å²) < 4.78 is 10.8. The molecule has 0 aromatic carbocycles. The van der Waals surface area contributed by atoms with Gasteiger partial charge in [-0.05, 0) is 43.5 Å². The first-order valence-electron chi connectivity index (χ1n) is 8.87. The normalized spacial score (nSPS) is 15.0. The molecule has 1 N–H and O–H groups in total. The van der Waals surface area contributed by atoms with Crippen molar-refractivity contribution in [2.24, 2.45) is 0 Å². The Kier molecular flexibility index (Phi) is 4.68. The van der Waals surface area contributed by atoms with Gasteiger partial charge in [0.2, 0.25) is 0 Å². The average molecular weight is 365 g/mol. The van der Waals surface area contributed by atoms with Gasteiger partial charge in [0.15, 0.2) is 5.82 Å². The average Bonchev–Trinajstić information content (AvgIpc) is 2.68. The van der Waals surface area contributed by atoms with Crippen LogP contribution in [0.15, 0.2) is 45.9 Å². The lowest BCUT2D eigenvalue weighted by Gasteiger charge is -2.21. The van der Waals surface area contributed by atoms with E-state index in [0.29, 0.717) is 35.9 Å². The monoisotopic (exact) mass is 365 g/mol. The maximum absolute atomic E-state index is 12.7. The summed E-state index contributed by atoms with van der Waals surface area (Å²) in [5.41, 5.74) is 0.496. The van der Waals surface area contributed by atoms with Crippen LogP contribution in [-0.4, -0.2) is 29.1 Å². The summed E-state index contributed by atoms with van der Waals surface area (Å²) in [6.45, 7) is 3.04. The Bertz CT molecular complexity index is 1050. The van der Waals surface area contributed by atoms with Crippen molar-refractivity contribution in [2.45, 2.75) is 25.7 Å². The van der Waals surface area contributed by atoms with Crippen molar-refractivity contribution in [3.05, 3.63) is 64.0 Å². The number of fused-ring (bicyclic) bond motifs is 1. The van der Waals surface area contributed by atoms with E-state index in [4.69, 9.17) is 9.15 Å². The molecule has 0 unspecified atom stereocenters. The number of rotatable bonds is 3. The third-order valence-electron chi connectivity index (χ3n) is 4.77. The van der Waals surface area contributed by atoms with Gasteiger partial charge in [0, 0.05) is 36.9 Å². The van der Waals surface area contributed by atoms with Crippen LogP contribution in [0.1, 0.15) is 40.4 Å². The van der Waals surface area contributed by atoms with Crippen molar-refractivity contribution >= 4 is 22.6 Å². The first kappa shape index (κ1) is 17.4. The Morgan fingerprint density at radius 3 is 2.78 bits per heavy atom. The van der Waals surface area contributed by atoms with Gasteiger partial charge in [0.05, 0.1) is 0 Å². The first-order chi connectivity index (χ1) is 13.1. The number of carbonyl (C=O) groups excluding carboxylic acids is 1. The van der Waals surface area contributed by atoms with Crippen LogP contribution >= 0.6 is 0 Å². The van der Waals surface area contributed by atoms with E-state index in [9.17, 15) is 9.59 Å². The second kappa shape index (κ2) is 7.28. The van der Waals surface area contributed by atoms with Crippen LogP contribution in [0.3, 0.4) is 0 Å². The summed E-state index contributed by atoms with van der Waals surface area (Å²) in [6.07, 6.45) is 4.82. The molecular formula is C20H19N3O4. The zero-order chi connectivity index (χ0) is 18.8. The van der Waals surface area contributed by atoms with E-state index in [1.807, 2.05) is 12.1 Å². The van der Waals surface area contributed by atoms with Gasteiger partial charge in [-0.1, -0.05) is 6.07 Å². The minimum atomic E-state index is -0.637. The molecule has 7 nitrogen and oxygen atoms in total. The highest BCUT2D eigenvalue weighted by atomic mass is 16.5. The summed E-state index contributed by atoms with van der Waals surface area (Å²) >= 11 is 0. The molecule has 0 spiro atoms. The number of aromatic nitrogens is 2. The fourth-order valence-electron chi connectivity index (χ4n) is 3.35. The van der Waals surface area contributed by atoms with E-state index >= 15 is 0 Å². The van der Waals surface area contributed by atoms with E-state index in [2.05, 4.69) is 15.3 Å². The summed E-state index contributed by atoms with van der Waals surface area (Å²) in [7, 11) is 0. The molecule has 3 aromatic rings. The SMILES string of the molecule is Cc1cc(C2CCOCC2)oc(=O)c1C(=O)Nc1nccc2cccnc12. The molecule has 1 saturated heterocycles. The maximum Gasteiger partial charge on any atom is 0.349 e. The molecule has 0 atom stereocenters. The van der Waals surface area contributed by atoms with Crippen molar-refractivity contribution in [3.63, 3.8) is 0 Å². The molecule has 7 heteroatoms. The molecule has 138 valence electrons. The Balaban J connectivity index is 1.64. The van der Waals surface area contributed by atoms with Crippen LogP contribution in [0.25, 0.3) is 10.9 Å². The molecule has 1 fully saturated rings. The Morgan fingerprint density at radius 1 is 1.19 bits per heavy atom. The fourth-order valence-corrected chi connectivity index (χ4v) is 3.35. The van der Waals surface area contributed by atoms with Crippen LogP contribution in [-0.2, 0) is 4.74 Å². The van der Waals surface area contributed by atoms with Gasteiger partial charge < -0.3 is 14.5 Å². The zero-order valence-electron chi connectivity index (χ0n) is 14.9. The van der Waals surface area contributed by atoms with Crippen molar-refractivity contribution in [3.8, 4) is 0 Å². The second-order valence-electron chi connectivity index (χ2n) is 6.57. The van der Waals surface area contributed by atoms with E-state index < -0.39 is 11.5 Å². The molecule has 4 heterocycles. The van der Waals surface area contributed by atoms with Gasteiger partial charge in [-0.3, -0.25) is 9.78 Å². The predicted molar refractivity (Wildman–Crippen MR) is 100 cm³/mol. The number of aryl methyl sites for hydroxylation is 1. The lowest BCUT2D eigenvalue weighted by Crippen LogP contribution is -2.24. The lowest BCUT2D eigenvalue weighted by molar-refractivity contribution is 0.0796. The molecule has 0 aliphatic carbocycles. The van der Waals surface area contributed by atoms with Gasteiger partial charge in [0.1, 0.15) is 16.8 Å². The Morgan fingerprint density at radius 2 is 2.00 bits per heavy atom. The molecule has 27 heavy (non-hydrogen) atoms. The molecule has 0 bridgehead atoms. The predicted octanol–water partition coefficient (Wildman–Crippen LogP) is 3.04. The number of ether oxygens (including phenoxy) is 1. The van der Waals surface area contributed by atoms with Crippen LogP contribution in [0.2, 0.25) is 0 Å². The topological polar surface area (TPSA) is 94.3 Å². The van der Waals surface area contributed by atoms with E-state index in [0.717, 1.165) is 18.2 Å². The minimum absolute atomic E-state index is 0.0134. The summed E-state index contributed by atoms with van der Waals surface area (Å²) in [4.78, 5) is 33.7. The van der Waals surface area contributed by atoms with Gasteiger partial charge in [-0.15, -0.1) is 0 Å². The molecule has 1 aliphatic heterocycles. The number of carbonyl (C=O) groups is 1. The fraction of sp³-hybridized carbons (Fsp3) is 0.300. The molecular weight excluding hydrogens is 346 g/mol. The number of pyridine rings is 2.